The lowest BCUT2D eigenvalue weighted by molar-refractivity contribution is -0.274. The first-order chi connectivity index (χ1) is 11.1. The van der Waals surface area contributed by atoms with E-state index in [4.69, 9.17) is 16.6 Å². The van der Waals surface area contributed by atoms with Gasteiger partial charge in [0.05, 0.1) is 5.56 Å². The number of pyridine rings is 1. The first-order valence-electron chi connectivity index (χ1n) is 6.97. The van der Waals surface area contributed by atoms with E-state index >= 15 is 0 Å². The average molecular weight is 360 g/mol. The largest absolute Gasteiger partial charge is 0.463 e. The summed E-state index contributed by atoms with van der Waals surface area (Å²) in [4.78, 5) is 14.6. The summed E-state index contributed by atoms with van der Waals surface area (Å²) < 4.78 is 44.9. The van der Waals surface area contributed by atoms with Crippen LogP contribution in [0.3, 0.4) is 0 Å². The normalized spacial score (nSPS) is 14.2. The van der Waals surface area contributed by atoms with E-state index in [0.717, 1.165) is 6.07 Å². The highest BCUT2D eigenvalue weighted by atomic mass is 32.1. The summed E-state index contributed by atoms with van der Waals surface area (Å²) in [5.74, 6) is -0.997. The van der Waals surface area contributed by atoms with Gasteiger partial charge in [0.1, 0.15) is 16.2 Å². The van der Waals surface area contributed by atoms with Crippen molar-refractivity contribution in [1.82, 2.24) is 10.3 Å². The topological polar surface area (TPSA) is 78.3 Å². The van der Waals surface area contributed by atoms with E-state index in [0.29, 0.717) is 0 Å². The van der Waals surface area contributed by atoms with Gasteiger partial charge in [-0.05, 0) is 31.2 Å². The van der Waals surface area contributed by atoms with Gasteiger partial charge in [0.2, 0.25) is 5.60 Å². The second-order valence-corrected chi connectivity index (χ2v) is 5.60. The zero-order valence-corrected chi connectivity index (χ0v) is 13.4. The first kappa shape index (κ1) is 18.2. The van der Waals surface area contributed by atoms with E-state index in [9.17, 15) is 23.1 Å². The van der Waals surface area contributed by atoms with Crippen LogP contribution in [0.25, 0.3) is 0 Å². The van der Waals surface area contributed by atoms with Gasteiger partial charge in [0.15, 0.2) is 0 Å². The second kappa shape index (κ2) is 6.78. The van der Waals surface area contributed by atoms with Gasteiger partial charge in [-0.1, -0.05) is 12.2 Å². The zero-order chi connectivity index (χ0) is 18.0. The fourth-order valence-corrected chi connectivity index (χ4v) is 2.34. The first-order valence-corrected chi connectivity index (χ1v) is 7.38. The summed E-state index contributed by atoms with van der Waals surface area (Å²) in [7, 11) is 0. The zero-order valence-electron chi connectivity index (χ0n) is 12.6. The van der Waals surface area contributed by atoms with Crippen molar-refractivity contribution < 1.29 is 27.5 Å². The van der Waals surface area contributed by atoms with Crippen LogP contribution in [0.15, 0.2) is 34.9 Å². The Balaban J connectivity index is 2.11. The smallest absolute Gasteiger partial charge is 0.424 e. The lowest BCUT2D eigenvalue weighted by atomic mass is 9.95. The number of hydrogen-bond donors (Lipinski definition) is 3. The molecule has 2 rings (SSSR count). The molecule has 0 saturated carbocycles. The number of nitrogens with one attached hydrogen (secondary N) is 2. The minimum Gasteiger partial charge on any atom is -0.463 e. The summed E-state index contributed by atoms with van der Waals surface area (Å²) in [5, 5.41) is 12.4. The molecule has 0 unspecified atom stereocenters. The molecule has 0 saturated heterocycles. The molecule has 9 heteroatoms. The quantitative estimate of drug-likeness (QED) is 0.716. The molecule has 2 aromatic heterocycles. The van der Waals surface area contributed by atoms with E-state index in [2.05, 4.69) is 10.3 Å². The van der Waals surface area contributed by atoms with E-state index in [1.807, 2.05) is 0 Å². The number of aromatic nitrogens is 1. The number of halogens is 3. The Bertz CT molecular complexity index is 785. The van der Waals surface area contributed by atoms with Crippen LogP contribution in [0.4, 0.5) is 13.2 Å². The van der Waals surface area contributed by atoms with E-state index in [-0.39, 0.29) is 16.0 Å². The highest BCUT2D eigenvalue weighted by Gasteiger charge is 2.56. The molecule has 1 amide bonds. The number of aliphatic hydroxyl groups is 1. The number of H-pyrrole nitrogens is 1. The number of alkyl halides is 3. The lowest BCUT2D eigenvalue weighted by Crippen LogP contribution is -2.44. The molecule has 0 aliphatic carbocycles. The van der Waals surface area contributed by atoms with Gasteiger partial charge in [-0.3, -0.25) is 4.79 Å². The predicted octanol–water partition coefficient (Wildman–Crippen LogP) is 3.22. The van der Waals surface area contributed by atoms with Crippen LogP contribution in [-0.2, 0) is 5.60 Å². The van der Waals surface area contributed by atoms with Crippen molar-refractivity contribution in [3.8, 4) is 0 Å². The molecule has 24 heavy (non-hydrogen) atoms. The Kier molecular flexibility index (Phi) is 5.14. The van der Waals surface area contributed by atoms with E-state index < -0.39 is 36.4 Å². The second-order valence-electron chi connectivity index (χ2n) is 5.19. The molecular weight excluding hydrogens is 345 g/mol. The van der Waals surface area contributed by atoms with Crippen molar-refractivity contribution >= 4 is 18.1 Å². The molecule has 0 aliphatic rings. The predicted molar refractivity (Wildman–Crippen MR) is 82.0 cm³/mol. The van der Waals surface area contributed by atoms with Gasteiger partial charge in [-0.25, -0.2) is 0 Å². The highest BCUT2D eigenvalue weighted by molar-refractivity contribution is 7.71. The van der Waals surface area contributed by atoms with Crippen LogP contribution < -0.4 is 5.32 Å². The van der Waals surface area contributed by atoms with Crippen LogP contribution in [-0.4, -0.2) is 28.7 Å². The molecule has 0 bridgehead atoms. The molecule has 0 aromatic carbocycles. The number of rotatable bonds is 5. The Hall–Kier alpha value is -2.13. The van der Waals surface area contributed by atoms with Crippen molar-refractivity contribution in [2.45, 2.75) is 25.1 Å². The molecule has 0 aliphatic heterocycles. The summed E-state index contributed by atoms with van der Waals surface area (Å²) in [6.07, 6.45) is -4.22. The third kappa shape index (κ3) is 3.68. The Morgan fingerprint density at radius 1 is 1.38 bits per heavy atom. The monoisotopic (exact) mass is 360 g/mol. The van der Waals surface area contributed by atoms with Crippen molar-refractivity contribution in [2.24, 2.45) is 0 Å². The molecule has 5 nitrogen and oxygen atoms in total. The third-order valence-electron chi connectivity index (χ3n) is 3.45. The Morgan fingerprint density at radius 3 is 2.62 bits per heavy atom. The maximum atomic E-state index is 13.3. The van der Waals surface area contributed by atoms with Crippen molar-refractivity contribution in [3.05, 3.63) is 52.2 Å². The number of amides is 1. The maximum absolute atomic E-state index is 13.3. The van der Waals surface area contributed by atoms with E-state index in [1.54, 1.807) is 6.07 Å². The van der Waals surface area contributed by atoms with Crippen LogP contribution >= 0.6 is 12.2 Å². The SMILES string of the molecule is Cc1ccc([C@@](O)(CCNC(=O)c2ccc[nH]c2=S)C(F)(F)F)o1. The summed E-state index contributed by atoms with van der Waals surface area (Å²) >= 11 is 4.93. The molecule has 130 valence electrons. The van der Waals surface area contributed by atoms with Crippen LogP contribution in [0.1, 0.15) is 28.3 Å². The summed E-state index contributed by atoms with van der Waals surface area (Å²) in [5.41, 5.74) is -3.05. The number of hydrogen-bond acceptors (Lipinski definition) is 4. The maximum Gasteiger partial charge on any atom is 0.424 e. The Morgan fingerprint density at radius 2 is 2.08 bits per heavy atom. The molecule has 0 spiro atoms. The fraction of sp³-hybridized carbons (Fsp3) is 0.333. The molecule has 2 heterocycles. The van der Waals surface area contributed by atoms with Crippen LogP contribution in [0, 0.1) is 11.6 Å². The van der Waals surface area contributed by atoms with Gasteiger partial charge in [0.25, 0.3) is 5.91 Å². The number of aromatic amines is 1. The number of carbonyl (C=O) groups is 1. The van der Waals surface area contributed by atoms with Gasteiger partial charge in [0, 0.05) is 19.2 Å². The van der Waals surface area contributed by atoms with Crippen molar-refractivity contribution in [1.29, 1.82) is 0 Å². The third-order valence-corrected chi connectivity index (χ3v) is 3.79. The number of carbonyl (C=O) groups excluding carboxylic acids is 1. The minimum atomic E-state index is -4.95. The summed E-state index contributed by atoms with van der Waals surface area (Å²) in [6, 6.07) is 5.38. The van der Waals surface area contributed by atoms with Crippen molar-refractivity contribution in [3.63, 3.8) is 0 Å². The molecule has 0 fully saturated rings. The molecular formula is C15H15F3N2O3S. The van der Waals surface area contributed by atoms with Gasteiger partial charge in [-0.15, -0.1) is 0 Å². The Labute approximate surface area is 140 Å². The molecule has 3 N–H and O–H groups in total. The van der Waals surface area contributed by atoms with Crippen molar-refractivity contribution in [2.75, 3.05) is 6.54 Å². The van der Waals surface area contributed by atoms with Gasteiger partial charge >= 0.3 is 6.18 Å². The van der Waals surface area contributed by atoms with Gasteiger partial charge < -0.3 is 19.8 Å². The van der Waals surface area contributed by atoms with E-state index in [1.165, 1.54) is 25.3 Å². The summed E-state index contributed by atoms with van der Waals surface area (Å²) in [6.45, 7) is 1.05. The molecule has 2 aromatic rings. The lowest BCUT2D eigenvalue weighted by Gasteiger charge is -2.28. The van der Waals surface area contributed by atoms with Gasteiger partial charge in [-0.2, -0.15) is 13.2 Å². The standard InChI is InChI=1S/C15H15F3N2O3S/c1-9-4-5-11(23-9)14(22,15(16,17)18)6-8-19-12(21)10-3-2-7-20-13(10)24/h2-5,7,22H,6,8H2,1H3,(H,19,21)(H,20,24)/t14-/m0/s1. The molecule has 1 atom stereocenters. The number of furan rings is 1. The molecule has 0 radical (unpaired) electrons. The fourth-order valence-electron chi connectivity index (χ4n) is 2.11. The average Bonchev–Trinajstić information content (AvgIpc) is 2.93. The van der Waals surface area contributed by atoms with Crippen LogP contribution in [0.5, 0.6) is 0 Å². The minimum absolute atomic E-state index is 0.136. The number of aryl methyl sites for hydroxylation is 1. The van der Waals surface area contributed by atoms with Crippen LogP contribution in [0.2, 0.25) is 0 Å². The highest BCUT2D eigenvalue weighted by Crippen LogP contribution is 2.42.